The molecule has 0 unspecified atom stereocenters. The molecule has 20 heavy (non-hydrogen) atoms. The van der Waals surface area contributed by atoms with E-state index in [4.69, 9.17) is 10.00 Å². The molecule has 2 rings (SSSR count). The van der Waals surface area contributed by atoms with Gasteiger partial charge in [-0.3, -0.25) is 9.59 Å². The van der Waals surface area contributed by atoms with Crippen LogP contribution in [-0.4, -0.2) is 24.1 Å². The van der Waals surface area contributed by atoms with Gasteiger partial charge in [-0.1, -0.05) is 6.07 Å². The molecule has 0 saturated carbocycles. The standard InChI is InChI=1S/C15H14N2O3/c1-2-20-6-5-17-14-7-11(9-16)3-4-12(14)8-13(10-18)15(17)19/h3-4,7-8,10H,2,5-6H2,1H3. The Morgan fingerprint density at radius 1 is 1.40 bits per heavy atom. The highest BCUT2D eigenvalue weighted by Gasteiger charge is 2.09. The minimum absolute atomic E-state index is 0.110. The van der Waals surface area contributed by atoms with Gasteiger partial charge in [-0.25, -0.2) is 0 Å². The van der Waals surface area contributed by atoms with Crippen LogP contribution in [0.15, 0.2) is 29.1 Å². The van der Waals surface area contributed by atoms with Crippen molar-refractivity contribution in [2.45, 2.75) is 13.5 Å². The fourth-order valence-corrected chi connectivity index (χ4v) is 2.07. The van der Waals surface area contributed by atoms with Crippen LogP contribution in [-0.2, 0) is 11.3 Å². The minimum Gasteiger partial charge on any atom is -0.380 e. The average molecular weight is 270 g/mol. The first kappa shape index (κ1) is 14.0. The molecule has 5 heteroatoms. The first-order chi connectivity index (χ1) is 9.71. The topological polar surface area (TPSA) is 72.1 Å². The molecule has 0 amide bonds. The van der Waals surface area contributed by atoms with E-state index in [0.717, 1.165) is 5.39 Å². The van der Waals surface area contributed by atoms with E-state index in [1.54, 1.807) is 24.3 Å². The third kappa shape index (κ3) is 2.60. The molecule has 0 aliphatic rings. The molecule has 2 aromatic rings. The highest BCUT2D eigenvalue weighted by atomic mass is 16.5. The predicted octanol–water partition coefficient (Wildman–Crippen LogP) is 1.72. The van der Waals surface area contributed by atoms with Crippen molar-refractivity contribution in [3.05, 3.63) is 45.7 Å². The van der Waals surface area contributed by atoms with Crippen LogP contribution >= 0.6 is 0 Å². The highest BCUT2D eigenvalue weighted by Crippen LogP contribution is 2.15. The zero-order chi connectivity index (χ0) is 14.5. The quantitative estimate of drug-likeness (QED) is 0.612. The lowest BCUT2D eigenvalue weighted by molar-refractivity contribution is 0.112. The summed E-state index contributed by atoms with van der Waals surface area (Å²) in [5, 5.41) is 9.71. The number of aromatic nitrogens is 1. The van der Waals surface area contributed by atoms with E-state index in [9.17, 15) is 9.59 Å². The molecular formula is C15H14N2O3. The second-order valence-electron chi connectivity index (χ2n) is 4.26. The number of fused-ring (bicyclic) bond motifs is 1. The zero-order valence-electron chi connectivity index (χ0n) is 11.1. The second kappa shape index (κ2) is 6.13. The van der Waals surface area contributed by atoms with Crippen LogP contribution in [0.5, 0.6) is 0 Å². The summed E-state index contributed by atoms with van der Waals surface area (Å²) >= 11 is 0. The Labute approximate surface area is 116 Å². The number of hydrogen-bond donors (Lipinski definition) is 0. The SMILES string of the molecule is CCOCCn1c(=O)c(C=O)cc2ccc(C#N)cc21. The first-order valence-electron chi connectivity index (χ1n) is 6.32. The third-order valence-corrected chi connectivity index (χ3v) is 3.04. The number of carbonyl (C=O) groups is 1. The van der Waals surface area contributed by atoms with E-state index in [1.807, 2.05) is 13.0 Å². The number of pyridine rings is 1. The molecule has 1 aromatic heterocycles. The fourth-order valence-electron chi connectivity index (χ4n) is 2.07. The van der Waals surface area contributed by atoms with Gasteiger partial charge in [0, 0.05) is 13.2 Å². The van der Waals surface area contributed by atoms with Gasteiger partial charge in [0.15, 0.2) is 6.29 Å². The Morgan fingerprint density at radius 3 is 2.85 bits per heavy atom. The van der Waals surface area contributed by atoms with Gasteiger partial charge in [-0.2, -0.15) is 5.26 Å². The maximum atomic E-state index is 12.2. The van der Waals surface area contributed by atoms with Crippen molar-refractivity contribution in [3.63, 3.8) is 0 Å². The fraction of sp³-hybridized carbons (Fsp3) is 0.267. The lowest BCUT2D eigenvalue weighted by Gasteiger charge is -2.11. The predicted molar refractivity (Wildman–Crippen MR) is 74.8 cm³/mol. The molecule has 0 saturated heterocycles. The molecule has 5 nitrogen and oxygen atoms in total. The number of rotatable bonds is 5. The lowest BCUT2D eigenvalue weighted by atomic mass is 10.1. The molecule has 0 bridgehead atoms. The minimum atomic E-state index is -0.359. The third-order valence-electron chi connectivity index (χ3n) is 3.04. The van der Waals surface area contributed by atoms with E-state index in [1.165, 1.54) is 4.57 Å². The summed E-state index contributed by atoms with van der Waals surface area (Å²) < 4.78 is 6.74. The average Bonchev–Trinajstić information content (AvgIpc) is 2.48. The number of nitrogens with zero attached hydrogens (tertiary/aromatic N) is 2. The number of ether oxygens (including phenoxy) is 1. The number of carbonyl (C=O) groups excluding carboxylic acids is 1. The summed E-state index contributed by atoms with van der Waals surface area (Å²) in [6.07, 6.45) is 0.553. The molecule has 0 N–H and O–H groups in total. The molecule has 102 valence electrons. The van der Waals surface area contributed by atoms with Gasteiger partial charge in [0.05, 0.1) is 29.3 Å². The molecule has 1 heterocycles. The maximum absolute atomic E-state index is 12.2. The van der Waals surface area contributed by atoms with Crippen molar-refractivity contribution >= 4 is 17.2 Å². The second-order valence-corrected chi connectivity index (χ2v) is 4.26. The lowest BCUT2D eigenvalue weighted by Crippen LogP contribution is -2.25. The van der Waals surface area contributed by atoms with Crippen molar-refractivity contribution in [3.8, 4) is 6.07 Å². The van der Waals surface area contributed by atoms with Gasteiger partial charge in [-0.05, 0) is 30.5 Å². The van der Waals surface area contributed by atoms with Gasteiger partial charge >= 0.3 is 0 Å². The van der Waals surface area contributed by atoms with Crippen LogP contribution in [0.4, 0.5) is 0 Å². The van der Waals surface area contributed by atoms with Crippen molar-refractivity contribution in [1.82, 2.24) is 4.57 Å². The Bertz CT molecular complexity index is 741. The van der Waals surface area contributed by atoms with Crippen LogP contribution in [0.1, 0.15) is 22.8 Å². The van der Waals surface area contributed by atoms with Crippen molar-refractivity contribution in [2.75, 3.05) is 13.2 Å². The number of benzene rings is 1. The van der Waals surface area contributed by atoms with Crippen LogP contribution in [0.25, 0.3) is 10.9 Å². The summed E-state index contributed by atoms with van der Waals surface area (Å²) in [4.78, 5) is 23.2. The van der Waals surface area contributed by atoms with Gasteiger partial charge in [-0.15, -0.1) is 0 Å². The van der Waals surface area contributed by atoms with Crippen LogP contribution in [0, 0.1) is 11.3 Å². The largest absolute Gasteiger partial charge is 0.380 e. The first-order valence-corrected chi connectivity index (χ1v) is 6.32. The van der Waals surface area contributed by atoms with Crippen LogP contribution in [0.3, 0.4) is 0 Å². The molecule has 0 aliphatic heterocycles. The zero-order valence-corrected chi connectivity index (χ0v) is 11.1. The van der Waals surface area contributed by atoms with Gasteiger partial charge in [0.25, 0.3) is 5.56 Å². The molecule has 0 radical (unpaired) electrons. The normalized spacial score (nSPS) is 10.4. The van der Waals surface area contributed by atoms with Crippen LogP contribution < -0.4 is 5.56 Å². The number of nitriles is 1. The molecular weight excluding hydrogens is 256 g/mol. The number of hydrogen-bond acceptors (Lipinski definition) is 4. The molecule has 1 aromatic carbocycles. The van der Waals surface area contributed by atoms with E-state index >= 15 is 0 Å². The van der Waals surface area contributed by atoms with E-state index in [-0.39, 0.29) is 11.1 Å². The van der Waals surface area contributed by atoms with Gasteiger partial charge in [0.2, 0.25) is 0 Å². The van der Waals surface area contributed by atoms with Crippen molar-refractivity contribution < 1.29 is 9.53 Å². The Kier molecular flexibility index (Phi) is 4.28. The molecule has 0 aliphatic carbocycles. The van der Waals surface area contributed by atoms with E-state index in [0.29, 0.717) is 37.1 Å². The van der Waals surface area contributed by atoms with Gasteiger partial charge in [0.1, 0.15) is 0 Å². The highest BCUT2D eigenvalue weighted by molar-refractivity contribution is 5.87. The number of aldehydes is 1. The Hall–Kier alpha value is -2.45. The molecule has 0 spiro atoms. The monoisotopic (exact) mass is 270 g/mol. The smallest absolute Gasteiger partial charge is 0.261 e. The summed E-state index contributed by atoms with van der Waals surface area (Å²) in [6.45, 7) is 3.16. The van der Waals surface area contributed by atoms with E-state index < -0.39 is 0 Å². The van der Waals surface area contributed by atoms with Crippen LogP contribution in [0.2, 0.25) is 0 Å². The molecule has 0 atom stereocenters. The Balaban J connectivity index is 2.65. The van der Waals surface area contributed by atoms with Crippen molar-refractivity contribution in [1.29, 1.82) is 5.26 Å². The Morgan fingerprint density at radius 2 is 2.20 bits per heavy atom. The summed E-state index contributed by atoms with van der Waals surface area (Å²) in [5.41, 5.74) is 0.862. The van der Waals surface area contributed by atoms with Gasteiger partial charge < -0.3 is 9.30 Å². The summed E-state index contributed by atoms with van der Waals surface area (Å²) in [5.74, 6) is 0. The molecule has 0 fully saturated rings. The van der Waals surface area contributed by atoms with Crippen molar-refractivity contribution in [2.24, 2.45) is 0 Å². The maximum Gasteiger partial charge on any atom is 0.261 e. The van der Waals surface area contributed by atoms with E-state index in [2.05, 4.69) is 0 Å². The summed E-state index contributed by atoms with van der Waals surface area (Å²) in [6, 6.07) is 8.63. The summed E-state index contributed by atoms with van der Waals surface area (Å²) in [7, 11) is 0.